The number of hydrogen-bond donors (Lipinski definition) is 1. The Morgan fingerprint density at radius 3 is 2.96 bits per heavy atom. The van der Waals surface area contributed by atoms with Gasteiger partial charge in [-0.2, -0.15) is 4.31 Å². The highest BCUT2D eigenvalue weighted by molar-refractivity contribution is 7.94. The normalized spacial score (nSPS) is 25.7. The van der Waals surface area contributed by atoms with E-state index in [1.54, 1.807) is 0 Å². The number of thiophene rings is 1. The molecule has 0 aliphatic carbocycles. The highest BCUT2D eigenvalue weighted by Crippen LogP contribution is 2.40. The molecule has 1 atom stereocenters. The smallest absolute Gasteiger partial charge is 0.252 e. The molecule has 1 N–H and O–H groups in total. The number of sulfonamides is 1. The van der Waals surface area contributed by atoms with Gasteiger partial charge in [-0.3, -0.25) is 0 Å². The Morgan fingerprint density at radius 1 is 1.61 bits per heavy atom. The van der Waals surface area contributed by atoms with Crippen molar-refractivity contribution in [1.82, 2.24) is 9.62 Å². The van der Waals surface area contributed by atoms with E-state index in [9.17, 15) is 16.8 Å². The average Bonchev–Trinajstić information content (AvgIpc) is 2.97. The average molecular weight is 388 g/mol. The highest BCUT2D eigenvalue weighted by atomic mass is 32.3. The molecule has 1 aromatic heterocycles. The van der Waals surface area contributed by atoms with Crippen LogP contribution in [0.1, 0.15) is 31.7 Å². The van der Waals surface area contributed by atoms with Crippen LogP contribution in [-0.4, -0.2) is 60.7 Å². The summed E-state index contributed by atoms with van der Waals surface area (Å²) in [4.78, 5) is 0. The maximum Gasteiger partial charge on any atom is 0.252 e. The monoisotopic (exact) mass is 387 g/mol. The van der Waals surface area contributed by atoms with Gasteiger partial charge in [-0.05, 0) is 19.0 Å². The standard InChI is InChI=1S/C13H22N2O5S3/c1-4-14-11-9-15(6-5-7-20-2)23(18,19)13-10(11)8-12(21-13)22(3,16)17/h8,11,14H,4-7,9H2,1-3H3/t11-/m0/s1/i1D3,4D2. The zero-order valence-corrected chi connectivity index (χ0v) is 15.1. The lowest BCUT2D eigenvalue weighted by Gasteiger charge is -2.32. The summed E-state index contributed by atoms with van der Waals surface area (Å²) >= 11 is 0.578. The van der Waals surface area contributed by atoms with Crippen molar-refractivity contribution in [2.45, 2.75) is 27.7 Å². The van der Waals surface area contributed by atoms with E-state index in [2.05, 4.69) is 5.32 Å². The molecule has 2 rings (SSSR count). The van der Waals surface area contributed by atoms with Gasteiger partial charge in [0.25, 0.3) is 10.0 Å². The maximum absolute atomic E-state index is 12.9. The summed E-state index contributed by atoms with van der Waals surface area (Å²) in [5.74, 6) is 0. The van der Waals surface area contributed by atoms with Crippen molar-refractivity contribution in [3.05, 3.63) is 11.6 Å². The minimum atomic E-state index is -4.00. The van der Waals surface area contributed by atoms with Gasteiger partial charge in [0.1, 0.15) is 8.42 Å². The Hall–Kier alpha value is -0.520. The van der Waals surface area contributed by atoms with Gasteiger partial charge < -0.3 is 10.1 Å². The van der Waals surface area contributed by atoms with E-state index in [0.29, 0.717) is 24.4 Å². The third-order valence-electron chi connectivity index (χ3n) is 3.41. The van der Waals surface area contributed by atoms with Gasteiger partial charge in [0, 0.05) is 51.5 Å². The van der Waals surface area contributed by atoms with Crippen LogP contribution in [0.4, 0.5) is 0 Å². The molecule has 0 aromatic carbocycles. The fourth-order valence-electron chi connectivity index (χ4n) is 2.32. The Balaban J connectivity index is 2.52. The van der Waals surface area contributed by atoms with Crippen LogP contribution >= 0.6 is 11.3 Å². The van der Waals surface area contributed by atoms with E-state index in [0.717, 1.165) is 10.6 Å². The first-order valence-electron chi connectivity index (χ1n) is 9.22. The quantitative estimate of drug-likeness (QED) is 0.697. The lowest BCUT2D eigenvalue weighted by Crippen LogP contribution is -2.43. The van der Waals surface area contributed by atoms with Crippen molar-refractivity contribution < 1.29 is 28.4 Å². The SMILES string of the molecule is [2H]C([2H])([2H])C([2H])([2H])N[C@H]1CN(CCCOC)S(=O)(=O)c2sc(S(C)(=O)=O)cc21. The summed E-state index contributed by atoms with van der Waals surface area (Å²) in [6.07, 6.45) is 1.31. The molecule has 0 radical (unpaired) electrons. The van der Waals surface area contributed by atoms with Crippen molar-refractivity contribution >= 4 is 31.2 Å². The predicted octanol–water partition coefficient (Wildman–Crippen LogP) is 0.843. The van der Waals surface area contributed by atoms with Gasteiger partial charge in [-0.1, -0.05) is 6.85 Å². The molecule has 132 valence electrons. The lowest BCUT2D eigenvalue weighted by molar-refractivity contribution is 0.185. The molecule has 0 unspecified atom stereocenters. The molecule has 1 aromatic rings. The number of likely N-dealkylation sites (N-methyl/N-ethyl adjacent to an activating group) is 1. The number of methoxy groups -OCH3 is 1. The van der Waals surface area contributed by atoms with Crippen LogP contribution in [0, 0.1) is 0 Å². The van der Waals surface area contributed by atoms with Gasteiger partial charge in [0.15, 0.2) is 9.84 Å². The number of nitrogens with zero attached hydrogens (tertiary/aromatic N) is 1. The summed E-state index contributed by atoms with van der Waals surface area (Å²) < 4.78 is 92.9. The first-order chi connectivity index (χ1) is 12.6. The summed E-state index contributed by atoms with van der Waals surface area (Å²) in [5, 5.41) is 2.36. The molecule has 0 saturated heterocycles. The molecule has 1 aliphatic heterocycles. The summed E-state index contributed by atoms with van der Waals surface area (Å²) in [6.45, 7) is -5.67. The predicted molar refractivity (Wildman–Crippen MR) is 89.1 cm³/mol. The molecule has 10 heteroatoms. The van der Waals surface area contributed by atoms with E-state index >= 15 is 0 Å². The van der Waals surface area contributed by atoms with E-state index in [-0.39, 0.29) is 27.1 Å². The molecular weight excluding hydrogens is 360 g/mol. The summed E-state index contributed by atoms with van der Waals surface area (Å²) in [6, 6.07) is 0.148. The number of rotatable bonds is 7. The van der Waals surface area contributed by atoms with Crippen LogP contribution in [0.5, 0.6) is 0 Å². The fraction of sp³-hybridized carbons (Fsp3) is 0.692. The number of ether oxygens (including phenoxy) is 1. The summed E-state index contributed by atoms with van der Waals surface area (Å²) in [5.41, 5.74) is 0.0570. The molecule has 0 saturated carbocycles. The third kappa shape index (κ3) is 3.94. The number of hydrogen-bond acceptors (Lipinski definition) is 7. The van der Waals surface area contributed by atoms with Crippen LogP contribution in [0.25, 0.3) is 0 Å². The molecule has 0 spiro atoms. The van der Waals surface area contributed by atoms with Crippen molar-refractivity contribution in [3.63, 3.8) is 0 Å². The topological polar surface area (TPSA) is 92.8 Å². The van der Waals surface area contributed by atoms with Crippen molar-refractivity contribution in [2.75, 3.05) is 39.6 Å². The molecule has 0 fully saturated rings. The van der Waals surface area contributed by atoms with Crippen LogP contribution in [0.2, 0.25) is 0 Å². The fourth-order valence-corrected chi connectivity index (χ4v) is 6.81. The maximum atomic E-state index is 12.9. The van der Waals surface area contributed by atoms with Gasteiger partial charge in [-0.25, -0.2) is 16.8 Å². The van der Waals surface area contributed by atoms with Crippen molar-refractivity contribution in [1.29, 1.82) is 0 Å². The van der Waals surface area contributed by atoms with E-state index in [1.807, 2.05) is 0 Å². The van der Waals surface area contributed by atoms with Crippen LogP contribution in [-0.2, 0) is 24.6 Å². The number of nitrogens with one attached hydrogen (secondary N) is 1. The Labute approximate surface area is 148 Å². The third-order valence-corrected chi connectivity index (χ3v) is 8.75. The van der Waals surface area contributed by atoms with E-state index in [4.69, 9.17) is 11.6 Å². The second kappa shape index (κ2) is 7.16. The highest BCUT2D eigenvalue weighted by Gasteiger charge is 2.39. The van der Waals surface area contributed by atoms with Gasteiger partial charge >= 0.3 is 0 Å². The van der Waals surface area contributed by atoms with Gasteiger partial charge in [-0.15, -0.1) is 11.3 Å². The van der Waals surface area contributed by atoms with Gasteiger partial charge in [0.05, 0.1) is 0 Å². The zero-order valence-electron chi connectivity index (χ0n) is 17.7. The van der Waals surface area contributed by atoms with Crippen LogP contribution in [0.15, 0.2) is 14.5 Å². The Morgan fingerprint density at radius 2 is 2.35 bits per heavy atom. The van der Waals surface area contributed by atoms with Gasteiger partial charge in [0.2, 0.25) is 0 Å². The molecule has 0 amide bonds. The minimum absolute atomic E-state index is 0.0570. The zero-order chi connectivity index (χ0) is 21.5. The second-order valence-electron chi connectivity index (χ2n) is 5.11. The minimum Gasteiger partial charge on any atom is -0.385 e. The Bertz CT molecular complexity index is 927. The van der Waals surface area contributed by atoms with Crippen molar-refractivity contribution in [3.8, 4) is 0 Å². The van der Waals surface area contributed by atoms with Crippen molar-refractivity contribution in [2.24, 2.45) is 0 Å². The second-order valence-corrected chi connectivity index (χ2v) is 10.5. The molecule has 7 nitrogen and oxygen atoms in total. The first kappa shape index (κ1) is 12.8. The molecular formula is C13H22N2O5S3. The van der Waals surface area contributed by atoms with E-state index in [1.165, 1.54) is 13.2 Å². The molecule has 2 heterocycles. The van der Waals surface area contributed by atoms with Crippen LogP contribution in [0.3, 0.4) is 0 Å². The van der Waals surface area contributed by atoms with E-state index < -0.39 is 39.3 Å². The number of fused-ring (bicyclic) bond motifs is 1. The number of sulfone groups is 1. The largest absolute Gasteiger partial charge is 0.385 e. The summed E-state index contributed by atoms with van der Waals surface area (Å²) in [7, 11) is -6.23. The van der Waals surface area contributed by atoms with Crippen LogP contribution < -0.4 is 5.32 Å². The molecule has 23 heavy (non-hydrogen) atoms. The lowest BCUT2D eigenvalue weighted by atomic mass is 10.1. The first-order valence-corrected chi connectivity index (χ1v) is 10.9. The molecule has 0 bridgehead atoms. The molecule has 1 aliphatic rings. The Kier molecular flexibility index (Phi) is 3.98.